The molecule has 5 heteroatoms. The number of hydrogen-bond acceptors (Lipinski definition) is 3. The molecule has 4 nitrogen and oxygen atoms in total. The van der Waals surface area contributed by atoms with Crippen LogP contribution >= 0.6 is 15.9 Å². The van der Waals surface area contributed by atoms with Gasteiger partial charge in [-0.3, -0.25) is 9.59 Å². The Bertz CT molecular complexity index is 682. The van der Waals surface area contributed by atoms with Gasteiger partial charge in [-0.05, 0) is 60.6 Å². The second kappa shape index (κ2) is 4.82. The highest BCUT2D eigenvalue weighted by Crippen LogP contribution is 2.78. The minimum absolute atomic E-state index is 0.126. The predicted octanol–water partition coefficient (Wildman–Crippen LogP) is 2.78. The Kier molecular flexibility index (Phi) is 3.18. The molecule has 4 rings (SSSR count). The van der Waals surface area contributed by atoms with E-state index in [1.54, 1.807) is 0 Å². The van der Waals surface area contributed by atoms with Gasteiger partial charge in [0.15, 0.2) is 0 Å². The third kappa shape index (κ3) is 1.72. The second-order valence-corrected chi connectivity index (χ2v) is 8.13. The minimum atomic E-state index is -0.923. The standard InChI is InChI=1S/C18H20BrNO3/c1-23-15(21)14-12-6-7-13(17(12)8-9-17)18(14,16(20)22)10-2-4-11(19)5-3-10/h2-5,12-14H,6-9H2,1H3,(H2,20,22)/t12-,13+,14+,18-/m1/s1. The zero-order valence-electron chi connectivity index (χ0n) is 13.0. The maximum absolute atomic E-state index is 12.7. The molecule has 3 aliphatic rings. The number of methoxy groups -OCH3 is 1. The fraction of sp³-hybridized carbons (Fsp3) is 0.556. The van der Waals surface area contributed by atoms with E-state index in [0.717, 1.165) is 35.7 Å². The summed E-state index contributed by atoms with van der Waals surface area (Å²) in [4.78, 5) is 25.4. The van der Waals surface area contributed by atoms with E-state index in [0.29, 0.717) is 0 Å². The molecule has 0 unspecified atom stereocenters. The summed E-state index contributed by atoms with van der Waals surface area (Å²) in [6.07, 6.45) is 4.16. The first kappa shape index (κ1) is 15.2. The Morgan fingerprint density at radius 3 is 2.39 bits per heavy atom. The van der Waals surface area contributed by atoms with Crippen molar-refractivity contribution < 1.29 is 14.3 Å². The first-order valence-corrected chi connectivity index (χ1v) is 8.91. The number of carbonyl (C=O) groups is 2. The number of carbonyl (C=O) groups excluding carboxylic acids is 2. The lowest BCUT2D eigenvalue weighted by molar-refractivity contribution is -0.154. The minimum Gasteiger partial charge on any atom is -0.469 e. The molecule has 2 bridgehead atoms. The van der Waals surface area contributed by atoms with E-state index in [4.69, 9.17) is 10.5 Å². The van der Waals surface area contributed by atoms with Crippen molar-refractivity contribution in [1.29, 1.82) is 0 Å². The van der Waals surface area contributed by atoms with Crippen molar-refractivity contribution in [3.05, 3.63) is 34.3 Å². The molecule has 1 amide bonds. The van der Waals surface area contributed by atoms with Crippen LogP contribution in [0, 0.1) is 23.2 Å². The van der Waals surface area contributed by atoms with E-state index in [1.807, 2.05) is 24.3 Å². The number of amides is 1. The van der Waals surface area contributed by atoms with Crippen LogP contribution in [-0.4, -0.2) is 19.0 Å². The van der Waals surface area contributed by atoms with E-state index in [2.05, 4.69) is 15.9 Å². The predicted molar refractivity (Wildman–Crippen MR) is 88.4 cm³/mol. The van der Waals surface area contributed by atoms with Gasteiger partial charge in [-0.15, -0.1) is 0 Å². The third-order valence-corrected chi connectivity index (χ3v) is 7.18. The molecule has 0 radical (unpaired) electrons. The second-order valence-electron chi connectivity index (χ2n) is 7.21. The van der Waals surface area contributed by atoms with Crippen molar-refractivity contribution >= 4 is 27.8 Å². The number of esters is 1. The lowest BCUT2D eigenvalue weighted by Crippen LogP contribution is -2.54. The smallest absolute Gasteiger partial charge is 0.310 e. The molecular weight excluding hydrogens is 358 g/mol. The van der Waals surface area contributed by atoms with Gasteiger partial charge in [0.1, 0.15) is 0 Å². The summed E-state index contributed by atoms with van der Waals surface area (Å²) in [6, 6.07) is 7.70. The number of benzene rings is 1. The Labute approximate surface area is 143 Å². The molecule has 2 N–H and O–H groups in total. The van der Waals surface area contributed by atoms with Gasteiger partial charge in [-0.2, -0.15) is 0 Å². The fourth-order valence-electron chi connectivity index (χ4n) is 5.81. The van der Waals surface area contributed by atoms with E-state index in [1.165, 1.54) is 7.11 Å². The van der Waals surface area contributed by atoms with E-state index in [9.17, 15) is 9.59 Å². The molecule has 0 aliphatic heterocycles. The average Bonchev–Trinajstić information content (AvgIpc) is 3.21. The molecule has 0 heterocycles. The van der Waals surface area contributed by atoms with Gasteiger partial charge in [0, 0.05) is 4.47 Å². The summed E-state index contributed by atoms with van der Waals surface area (Å²) in [5.74, 6) is -0.745. The number of rotatable bonds is 3. The van der Waals surface area contributed by atoms with Gasteiger partial charge in [0.25, 0.3) is 0 Å². The number of hydrogen-bond donors (Lipinski definition) is 1. The summed E-state index contributed by atoms with van der Waals surface area (Å²) < 4.78 is 6.05. The zero-order valence-corrected chi connectivity index (χ0v) is 14.6. The highest BCUT2D eigenvalue weighted by atomic mass is 79.9. The molecule has 3 aliphatic carbocycles. The number of halogens is 1. The SMILES string of the molecule is COC(=O)[C@@H]1[C@H]2CC[C@@H](C23CC3)[C@]1(C(N)=O)c1ccc(Br)cc1. The van der Waals surface area contributed by atoms with Gasteiger partial charge >= 0.3 is 5.97 Å². The first-order valence-electron chi connectivity index (χ1n) is 8.12. The lowest BCUT2D eigenvalue weighted by Gasteiger charge is -2.40. The number of nitrogens with two attached hydrogens (primary N) is 1. The molecule has 122 valence electrons. The number of ether oxygens (including phenoxy) is 1. The summed E-state index contributed by atoms with van der Waals surface area (Å²) in [6.45, 7) is 0. The van der Waals surface area contributed by atoms with Crippen molar-refractivity contribution in [2.45, 2.75) is 31.1 Å². The van der Waals surface area contributed by atoms with Crippen molar-refractivity contribution in [2.75, 3.05) is 7.11 Å². The van der Waals surface area contributed by atoms with Crippen LogP contribution in [0.25, 0.3) is 0 Å². The molecule has 1 aromatic rings. The Balaban J connectivity index is 1.94. The molecule has 23 heavy (non-hydrogen) atoms. The van der Waals surface area contributed by atoms with Crippen LogP contribution in [0.3, 0.4) is 0 Å². The summed E-state index contributed by atoms with van der Waals surface area (Å²) in [5, 5.41) is 0. The zero-order chi connectivity index (χ0) is 16.4. The van der Waals surface area contributed by atoms with Crippen molar-refractivity contribution in [3.8, 4) is 0 Å². The topological polar surface area (TPSA) is 69.4 Å². The Hall–Kier alpha value is -1.36. The number of primary amides is 1. The molecule has 4 atom stereocenters. The third-order valence-electron chi connectivity index (χ3n) is 6.65. The maximum Gasteiger partial charge on any atom is 0.310 e. The molecular formula is C18H20BrNO3. The lowest BCUT2D eigenvalue weighted by atomic mass is 9.61. The normalized spacial score (nSPS) is 36.2. The fourth-order valence-corrected chi connectivity index (χ4v) is 6.07. The van der Waals surface area contributed by atoms with Gasteiger partial charge in [-0.25, -0.2) is 0 Å². The summed E-state index contributed by atoms with van der Waals surface area (Å²) in [5.41, 5.74) is 6.03. The summed E-state index contributed by atoms with van der Waals surface area (Å²) in [7, 11) is 1.40. The van der Waals surface area contributed by atoms with Gasteiger partial charge in [-0.1, -0.05) is 28.1 Å². The van der Waals surface area contributed by atoms with E-state index in [-0.39, 0.29) is 29.1 Å². The van der Waals surface area contributed by atoms with Crippen molar-refractivity contribution in [3.63, 3.8) is 0 Å². The monoisotopic (exact) mass is 377 g/mol. The molecule has 3 fully saturated rings. The maximum atomic E-state index is 12.7. The Morgan fingerprint density at radius 1 is 1.22 bits per heavy atom. The van der Waals surface area contributed by atoms with Gasteiger partial charge in [0.2, 0.25) is 5.91 Å². The van der Waals surface area contributed by atoms with Crippen LogP contribution in [0.5, 0.6) is 0 Å². The van der Waals surface area contributed by atoms with E-state index >= 15 is 0 Å². The van der Waals surface area contributed by atoms with Crippen molar-refractivity contribution in [2.24, 2.45) is 28.9 Å². The molecule has 1 spiro atoms. The molecule has 0 aromatic heterocycles. The molecule has 0 saturated heterocycles. The van der Waals surface area contributed by atoms with Crippen LogP contribution in [0.1, 0.15) is 31.2 Å². The average molecular weight is 378 g/mol. The Morgan fingerprint density at radius 2 is 1.87 bits per heavy atom. The van der Waals surface area contributed by atoms with Crippen molar-refractivity contribution in [1.82, 2.24) is 0 Å². The first-order chi connectivity index (χ1) is 11.0. The van der Waals surface area contributed by atoms with Crippen LogP contribution in [0.15, 0.2) is 28.7 Å². The van der Waals surface area contributed by atoms with Crippen LogP contribution in [0.4, 0.5) is 0 Å². The van der Waals surface area contributed by atoms with Crippen LogP contribution in [-0.2, 0) is 19.7 Å². The highest BCUT2D eigenvalue weighted by Gasteiger charge is 2.78. The summed E-state index contributed by atoms with van der Waals surface area (Å²) >= 11 is 3.43. The van der Waals surface area contributed by atoms with Gasteiger partial charge < -0.3 is 10.5 Å². The largest absolute Gasteiger partial charge is 0.469 e. The highest BCUT2D eigenvalue weighted by molar-refractivity contribution is 9.10. The van der Waals surface area contributed by atoms with Crippen LogP contribution in [0.2, 0.25) is 0 Å². The van der Waals surface area contributed by atoms with Gasteiger partial charge in [0.05, 0.1) is 18.4 Å². The molecule has 1 aromatic carbocycles. The van der Waals surface area contributed by atoms with Crippen LogP contribution < -0.4 is 5.73 Å². The molecule has 3 saturated carbocycles. The van der Waals surface area contributed by atoms with E-state index < -0.39 is 11.3 Å². The quantitative estimate of drug-likeness (QED) is 0.823.